The van der Waals surface area contributed by atoms with E-state index in [1.807, 2.05) is 35.0 Å². The molecule has 0 saturated heterocycles. The van der Waals surface area contributed by atoms with Crippen molar-refractivity contribution in [1.29, 1.82) is 0 Å². The van der Waals surface area contributed by atoms with E-state index in [0.717, 1.165) is 24.2 Å². The van der Waals surface area contributed by atoms with E-state index < -0.39 is 0 Å². The zero-order chi connectivity index (χ0) is 13.7. The lowest BCUT2D eigenvalue weighted by Crippen LogP contribution is -2.11. The van der Waals surface area contributed by atoms with Crippen LogP contribution in [0.2, 0.25) is 0 Å². The number of benzene rings is 1. The number of nitrogens with two attached hydrogens (primary N) is 1. The van der Waals surface area contributed by atoms with Crippen molar-refractivity contribution in [2.75, 3.05) is 5.73 Å². The van der Waals surface area contributed by atoms with Crippen molar-refractivity contribution in [3.63, 3.8) is 0 Å². The molecule has 1 aromatic carbocycles. The van der Waals surface area contributed by atoms with Crippen LogP contribution in [0.15, 0.2) is 36.7 Å². The molecule has 0 aliphatic heterocycles. The molecule has 0 fully saturated rings. The summed E-state index contributed by atoms with van der Waals surface area (Å²) >= 11 is 0. The van der Waals surface area contributed by atoms with E-state index in [4.69, 9.17) is 5.73 Å². The molecule has 2 aromatic rings. The number of anilines is 1. The van der Waals surface area contributed by atoms with Crippen LogP contribution in [0.1, 0.15) is 35.9 Å². The molecule has 0 aliphatic rings. The fourth-order valence-electron chi connectivity index (χ4n) is 2.10. The Labute approximate surface area is 113 Å². The number of carbonyl (C=O) groups is 1. The largest absolute Gasteiger partial charge is 0.399 e. The molecule has 0 unspecified atom stereocenters. The van der Waals surface area contributed by atoms with Gasteiger partial charge in [-0.05, 0) is 30.5 Å². The number of ketones is 1. The first kappa shape index (κ1) is 13.3. The maximum Gasteiger partial charge on any atom is 0.198 e. The van der Waals surface area contributed by atoms with Gasteiger partial charge in [0.1, 0.15) is 0 Å². The summed E-state index contributed by atoms with van der Waals surface area (Å²) in [4.78, 5) is 16.3. The highest BCUT2D eigenvalue weighted by Crippen LogP contribution is 2.11. The minimum Gasteiger partial charge on any atom is -0.399 e. The van der Waals surface area contributed by atoms with Crippen molar-refractivity contribution >= 4 is 11.5 Å². The fourth-order valence-corrected chi connectivity index (χ4v) is 2.10. The molecule has 100 valence electrons. The van der Waals surface area contributed by atoms with Gasteiger partial charge in [0.2, 0.25) is 0 Å². The second kappa shape index (κ2) is 6.18. The van der Waals surface area contributed by atoms with Crippen molar-refractivity contribution in [1.82, 2.24) is 9.55 Å². The highest BCUT2D eigenvalue weighted by Gasteiger charge is 2.12. The van der Waals surface area contributed by atoms with Crippen molar-refractivity contribution in [2.24, 2.45) is 0 Å². The van der Waals surface area contributed by atoms with Crippen LogP contribution in [0.5, 0.6) is 0 Å². The first-order valence-corrected chi connectivity index (χ1v) is 6.59. The number of carbonyl (C=O) groups excluding carboxylic acids is 1. The molecule has 0 bridgehead atoms. The molecule has 2 N–H and O–H groups in total. The second-order valence-electron chi connectivity index (χ2n) is 4.61. The highest BCUT2D eigenvalue weighted by atomic mass is 16.1. The Hall–Kier alpha value is -2.10. The molecular weight excluding hydrogens is 238 g/mol. The Morgan fingerprint density at radius 2 is 2.26 bits per heavy atom. The van der Waals surface area contributed by atoms with Gasteiger partial charge in [0.25, 0.3) is 0 Å². The SMILES string of the molecule is CCCn1ccnc1C(=O)CCc1cccc(N)c1. The molecule has 0 radical (unpaired) electrons. The third-order valence-electron chi connectivity index (χ3n) is 3.02. The normalized spacial score (nSPS) is 10.6. The van der Waals surface area contributed by atoms with E-state index in [0.29, 0.717) is 18.7 Å². The third-order valence-corrected chi connectivity index (χ3v) is 3.02. The number of rotatable bonds is 6. The second-order valence-corrected chi connectivity index (χ2v) is 4.61. The predicted octanol–water partition coefficient (Wildman–Crippen LogP) is 2.69. The van der Waals surface area contributed by atoms with Gasteiger partial charge < -0.3 is 10.3 Å². The van der Waals surface area contributed by atoms with E-state index in [9.17, 15) is 4.79 Å². The summed E-state index contributed by atoms with van der Waals surface area (Å²) in [5.74, 6) is 0.645. The lowest BCUT2D eigenvalue weighted by atomic mass is 10.1. The standard InChI is InChI=1S/C15H19N3O/c1-2-9-18-10-8-17-15(18)14(19)7-6-12-4-3-5-13(16)11-12/h3-5,8,10-11H,2,6-7,9,16H2,1H3. The first-order valence-electron chi connectivity index (χ1n) is 6.59. The van der Waals surface area contributed by atoms with E-state index in [-0.39, 0.29) is 5.78 Å². The average Bonchev–Trinajstić information content (AvgIpc) is 2.85. The summed E-state index contributed by atoms with van der Waals surface area (Å²) in [5, 5.41) is 0. The lowest BCUT2D eigenvalue weighted by Gasteiger charge is -2.05. The first-order chi connectivity index (χ1) is 9.20. The van der Waals surface area contributed by atoms with Gasteiger partial charge in [-0.1, -0.05) is 19.1 Å². The number of aryl methyl sites for hydroxylation is 2. The molecule has 1 heterocycles. The lowest BCUT2D eigenvalue weighted by molar-refractivity contribution is 0.0968. The summed E-state index contributed by atoms with van der Waals surface area (Å²) in [6.07, 6.45) is 5.69. The Balaban J connectivity index is 1.99. The van der Waals surface area contributed by atoms with Gasteiger partial charge in [0.15, 0.2) is 11.6 Å². The van der Waals surface area contributed by atoms with E-state index in [1.165, 1.54) is 0 Å². The van der Waals surface area contributed by atoms with Crippen LogP contribution >= 0.6 is 0 Å². The van der Waals surface area contributed by atoms with Gasteiger partial charge in [-0.3, -0.25) is 4.79 Å². The summed E-state index contributed by atoms with van der Waals surface area (Å²) in [6, 6.07) is 7.65. The predicted molar refractivity (Wildman–Crippen MR) is 76.0 cm³/mol. The molecule has 2 rings (SSSR count). The number of nitrogen functional groups attached to an aromatic ring is 1. The monoisotopic (exact) mass is 257 g/mol. The van der Waals surface area contributed by atoms with Gasteiger partial charge >= 0.3 is 0 Å². The van der Waals surface area contributed by atoms with Crippen LogP contribution in [-0.2, 0) is 13.0 Å². The Bertz CT molecular complexity index is 560. The number of hydrogen-bond acceptors (Lipinski definition) is 3. The topological polar surface area (TPSA) is 60.9 Å². The molecule has 0 spiro atoms. The zero-order valence-electron chi connectivity index (χ0n) is 11.2. The summed E-state index contributed by atoms with van der Waals surface area (Å²) < 4.78 is 1.92. The number of hydrogen-bond donors (Lipinski definition) is 1. The van der Waals surface area contributed by atoms with Gasteiger partial charge in [-0.15, -0.1) is 0 Å². The van der Waals surface area contributed by atoms with Crippen LogP contribution < -0.4 is 5.73 Å². The zero-order valence-corrected chi connectivity index (χ0v) is 11.2. The number of aromatic nitrogens is 2. The number of Topliss-reactive ketones (excluding diaryl/α,β-unsaturated/α-hetero) is 1. The van der Waals surface area contributed by atoms with E-state index in [2.05, 4.69) is 11.9 Å². The van der Waals surface area contributed by atoms with Gasteiger partial charge in [0.05, 0.1) is 0 Å². The molecule has 4 nitrogen and oxygen atoms in total. The minimum atomic E-state index is 0.0841. The molecular formula is C15H19N3O. The Morgan fingerprint density at radius 3 is 3.00 bits per heavy atom. The van der Waals surface area contributed by atoms with Crippen LogP contribution in [0.4, 0.5) is 5.69 Å². The van der Waals surface area contributed by atoms with Gasteiger partial charge in [0, 0.05) is 31.0 Å². The summed E-state index contributed by atoms with van der Waals surface area (Å²) in [6.45, 7) is 2.92. The molecule has 0 saturated carbocycles. The Morgan fingerprint density at radius 1 is 1.42 bits per heavy atom. The molecule has 1 aromatic heterocycles. The fraction of sp³-hybridized carbons (Fsp3) is 0.333. The van der Waals surface area contributed by atoms with Crippen molar-refractivity contribution < 1.29 is 4.79 Å². The van der Waals surface area contributed by atoms with E-state index in [1.54, 1.807) is 6.20 Å². The van der Waals surface area contributed by atoms with Crippen LogP contribution in [0.25, 0.3) is 0 Å². The van der Waals surface area contributed by atoms with Crippen LogP contribution in [-0.4, -0.2) is 15.3 Å². The third kappa shape index (κ3) is 3.44. The molecule has 19 heavy (non-hydrogen) atoms. The minimum absolute atomic E-state index is 0.0841. The molecule has 0 aliphatic carbocycles. The molecule has 0 atom stereocenters. The van der Waals surface area contributed by atoms with E-state index >= 15 is 0 Å². The smallest absolute Gasteiger partial charge is 0.198 e. The van der Waals surface area contributed by atoms with Crippen molar-refractivity contribution in [3.8, 4) is 0 Å². The summed E-state index contributed by atoms with van der Waals surface area (Å²) in [7, 11) is 0. The quantitative estimate of drug-likeness (QED) is 0.639. The maximum atomic E-state index is 12.1. The molecule has 0 amide bonds. The Kier molecular flexibility index (Phi) is 4.34. The van der Waals surface area contributed by atoms with Gasteiger partial charge in [-0.2, -0.15) is 0 Å². The van der Waals surface area contributed by atoms with Gasteiger partial charge in [-0.25, -0.2) is 4.98 Å². The number of imidazole rings is 1. The van der Waals surface area contributed by atoms with Crippen LogP contribution in [0.3, 0.4) is 0 Å². The average molecular weight is 257 g/mol. The highest BCUT2D eigenvalue weighted by molar-refractivity contribution is 5.92. The summed E-state index contributed by atoms with van der Waals surface area (Å²) in [5.41, 5.74) is 7.54. The molecule has 4 heteroatoms. The van der Waals surface area contributed by atoms with Crippen LogP contribution in [0, 0.1) is 0 Å². The maximum absolute atomic E-state index is 12.1. The number of nitrogens with zero attached hydrogens (tertiary/aromatic N) is 2. The van der Waals surface area contributed by atoms with Crippen molar-refractivity contribution in [3.05, 3.63) is 48.0 Å². The van der Waals surface area contributed by atoms with Crippen molar-refractivity contribution in [2.45, 2.75) is 32.7 Å².